The molecular formula is C20H17Cl2NO4. The van der Waals surface area contributed by atoms with E-state index in [4.69, 9.17) is 27.9 Å². The summed E-state index contributed by atoms with van der Waals surface area (Å²) in [4.78, 5) is 24.8. The lowest BCUT2D eigenvalue weighted by molar-refractivity contribution is -0.131. The molecule has 1 N–H and O–H groups in total. The van der Waals surface area contributed by atoms with Gasteiger partial charge in [0.15, 0.2) is 5.75 Å². The highest BCUT2D eigenvalue weighted by Crippen LogP contribution is 2.40. The minimum Gasteiger partial charge on any atom is -0.508 e. The summed E-state index contributed by atoms with van der Waals surface area (Å²) < 4.78 is 6.85. The Bertz CT molecular complexity index is 1090. The van der Waals surface area contributed by atoms with Crippen LogP contribution in [0.4, 0.5) is 0 Å². The summed E-state index contributed by atoms with van der Waals surface area (Å²) in [6.07, 6.45) is 0.502. The third-order valence-corrected chi connectivity index (χ3v) is 5.11. The zero-order chi connectivity index (χ0) is 19.9. The maximum atomic E-state index is 13.2. The van der Waals surface area contributed by atoms with E-state index in [1.54, 1.807) is 25.1 Å². The number of phenolic OH excluding ortho intramolecular Hbond substituents is 1. The largest absolute Gasteiger partial charge is 0.508 e. The van der Waals surface area contributed by atoms with Gasteiger partial charge in [-0.1, -0.05) is 30.1 Å². The maximum absolute atomic E-state index is 13.2. The lowest BCUT2D eigenvalue weighted by atomic mass is 10.1. The average molecular weight is 406 g/mol. The number of benzene rings is 2. The van der Waals surface area contributed by atoms with Crippen molar-refractivity contribution in [2.75, 3.05) is 0 Å². The van der Waals surface area contributed by atoms with Crippen LogP contribution in [0.15, 0.2) is 30.3 Å². The van der Waals surface area contributed by atoms with Gasteiger partial charge in [0.05, 0.1) is 26.6 Å². The molecule has 27 heavy (non-hydrogen) atoms. The molecule has 140 valence electrons. The minimum absolute atomic E-state index is 0.0811. The van der Waals surface area contributed by atoms with E-state index < -0.39 is 5.97 Å². The number of carbonyl (C=O) groups is 2. The van der Waals surface area contributed by atoms with Gasteiger partial charge in [0.2, 0.25) is 0 Å². The Morgan fingerprint density at radius 3 is 2.44 bits per heavy atom. The summed E-state index contributed by atoms with van der Waals surface area (Å²) in [7, 11) is 0. The first-order valence-corrected chi connectivity index (χ1v) is 9.05. The Labute approximate surface area is 166 Å². The number of hydrogen-bond acceptors (Lipinski definition) is 4. The van der Waals surface area contributed by atoms with Crippen LogP contribution in [0.5, 0.6) is 11.5 Å². The Balaban J connectivity index is 2.32. The van der Waals surface area contributed by atoms with Crippen LogP contribution in [0.1, 0.15) is 35.5 Å². The maximum Gasteiger partial charge on any atom is 0.308 e. The van der Waals surface area contributed by atoms with Crippen molar-refractivity contribution in [3.8, 4) is 11.5 Å². The van der Waals surface area contributed by atoms with Crippen LogP contribution in [0, 0.1) is 6.92 Å². The van der Waals surface area contributed by atoms with Gasteiger partial charge in [-0.2, -0.15) is 0 Å². The fourth-order valence-corrected chi connectivity index (χ4v) is 3.47. The molecule has 1 heterocycles. The third kappa shape index (κ3) is 3.29. The highest BCUT2D eigenvalue weighted by molar-refractivity contribution is 6.42. The number of ether oxygens (including phenoxy) is 1. The monoisotopic (exact) mass is 405 g/mol. The molecule has 5 nitrogen and oxygen atoms in total. The van der Waals surface area contributed by atoms with Gasteiger partial charge >= 0.3 is 5.97 Å². The van der Waals surface area contributed by atoms with Gasteiger partial charge in [0.25, 0.3) is 5.91 Å². The predicted octanol–water partition coefficient (Wildman–Crippen LogP) is 5.14. The standard InChI is InChI=1S/C20H17Cl2NO4/c1-4-13-17(25)8-7-16-18(13)19(27-11(3)24)10(2)23(16)20(26)12-5-6-14(21)15(22)9-12/h5-9,25H,4H2,1-3H3. The van der Waals surface area contributed by atoms with E-state index in [1.807, 2.05) is 6.92 Å². The number of esters is 1. The van der Waals surface area contributed by atoms with E-state index in [-0.39, 0.29) is 22.4 Å². The summed E-state index contributed by atoms with van der Waals surface area (Å²) in [6.45, 7) is 4.85. The fourth-order valence-electron chi connectivity index (χ4n) is 3.17. The van der Waals surface area contributed by atoms with E-state index in [0.717, 1.165) is 0 Å². The van der Waals surface area contributed by atoms with Crippen molar-refractivity contribution in [2.45, 2.75) is 27.2 Å². The molecule has 0 radical (unpaired) electrons. The van der Waals surface area contributed by atoms with Crippen LogP contribution in [0.25, 0.3) is 10.9 Å². The molecule has 1 aromatic heterocycles. The van der Waals surface area contributed by atoms with Crippen LogP contribution in [0.3, 0.4) is 0 Å². The molecule has 0 fully saturated rings. The van der Waals surface area contributed by atoms with Gasteiger partial charge in [0, 0.05) is 18.1 Å². The van der Waals surface area contributed by atoms with Gasteiger partial charge in [-0.05, 0) is 43.7 Å². The first kappa shape index (κ1) is 19.3. The number of nitrogens with zero attached hydrogens (tertiary/aromatic N) is 1. The van der Waals surface area contributed by atoms with Crippen molar-refractivity contribution in [3.05, 3.63) is 57.2 Å². The van der Waals surface area contributed by atoms with Crippen molar-refractivity contribution in [3.63, 3.8) is 0 Å². The molecule has 0 aliphatic carbocycles. The lowest BCUT2D eigenvalue weighted by Gasteiger charge is -2.09. The number of phenols is 1. The molecule has 0 saturated heterocycles. The molecule has 0 amide bonds. The normalized spacial score (nSPS) is 11.0. The van der Waals surface area contributed by atoms with Gasteiger partial charge in [0.1, 0.15) is 5.75 Å². The number of aromatic nitrogens is 1. The number of halogens is 2. The Morgan fingerprint density at radius 1 is 1.15 bits per heavy atom. The van der Waals surface area contributed by atoms with Crippen LogP contribution >= 0.6 is 23.2 Å². The number of carbonyl (C=O) groups excluding carboxylic acids is 2. The molecule has 3 aromatic rings. The van der Waals surface area contributed by atoms with E-state index in [9.17, 15) is 14.7 Å². The fraction of sp³-hybridized carbons (Fsp3) is 0.200. The summed E-state index contributed by atoms with van der Waals surface area (Å²) in [5.74, 6) is -0.511. The van der Waals surface area contributed by atoms with Crippen molar-refractivity contribution in [1.82, 2.24) is 4.57 Å². The number of aromatic hydroxyl groups is 1. The second-order valence-electron chi connectivity index (χ2n) is 6.09. The van der Waals surface area contributed by atoms with Gasteiger partial charge in [-0.25, -0.2) is 0 Å². The van der Waals surface area contributed by atoms with Crippen LogP contribution in [0.2, 0.25) is 10.0 Å². The molecular weight excluding hydrogens is 389 g/mol. The topological polar surface area (TPSA) is 68.5 Å². The van der Waals surface area contributed by atoms with E-state index in [2.05, 4.69) is 0 Å². The average Bonchev–Trinajstić information content (AvgIpc) is 2.88. The summed E-state index contributed by atoms with van der Waals surface area (Å²) in [5.41, 5.74) is 1.93. The number of rotatable bonds is 3. The van der Waals surface area contributed by atoms with Crippen molar-refractivity contribution in [1.29, 1.82) is 0 Å². The summed E-state index contributed by atoms with van der Waals surface area (Å²) >= 11 is 12.0. The molecule has 0 unspecified atom stereocenters. The molecule has 0 aliphatic heterocycles. The Hall–Kier alpha value is -2.50. The number of hydrogen-bond donors (Lipinski definition) is 1. The van der Waals surface area contributed by atoms with Crippen molar-refractivity contribution in [2.24, 2.45) is 0 Å². The SMILES string of the molecule is CCc1c(O)ccc2c1c(OC(C)=O)c(C)n2C(=O)c1ccc(Cl)c(Cl)c1. The zero-order valence-corrected chi connectivity index (χ0v) is 16.5. The molecule has 0 spiro atoms. The molecule has 7 heteroatoms. The first-order valence-electron chi connectivity index (χ1n) is 8.30. The number of fused-ring (bicyclic) bond motifs is 1. The van der Waals surface area contributed by atoms with Gasteiger partial charge in [-0.3, -0.25) is 14.2 Å². The zero-order valence-electron chi connectivity index (χ0n) is 15.0. The molecule has 0 aliphatic rings. The minimum atomic E-state index is -0.510. The summed E-state index contributed by atoms with van der Waals surface area (Å²) in [5, 5.41) is 11.4. The molecule has 0 saturated carbocycles. The highest BCUT2D eigenvalue weighted by Gasteiger charge is 2.25. The molecule has 0 atom stereocenters. The van der Waals surface area contributed by atoms with E-state index in [1.165, 1.54) is 23.6 Å². The van der Waals surface area contributed by atoms with Crippen LogP contribution in [-0.4, -0.2) is 21.6 Å². The first-order chi connectivity index (χ1) is 12.8. The predicted molar refractivity (Wildman–Crippen MR) is 105 cm³/mol. The number of aryl methyl sites for hydroxylation is 1. The second-order valence-corrected chi connectivity index (χ2v) is 6.90. The Kier molecular flexibility index (Phi) is 5.18. The van der Waals surface area contributed by atoms with Crippen molar-refractivity contribution < 1.29 is 19.4 Å². The van der Waals surface area contributed by atoms with E-state index in [0.29, 0.717) is 39.2 Å². The van der Waals surface area contributed by atoms with Gasteiger partial charge < -0.3 is 9.84 Å². The van der Waals surface area contributed by atoms with E-state index >= 15 is 0 Å². The highest BCUT2D eigenvalue weighted by atomic mass is 35.5. The second kappa shape index (κ2) is 7.25. The van der Waals surface area contributed by atoms with Crippen LogP contribution in [-0.2, 0) is 11.2 Å². The molecule has 2 aromatic carbocycles. The van der Waals surface area contributed by atoms with Gasteiger partial charge in [-0.15, -0.1) is 0 Å². The molecule has 3 rings (SSSR count). The lowest BCUT2D eigenvalue weighted by Crippen LogP contribution is -2.14. The van der Waals surface area contributed by atoms with Crippen LogP contribution < -0.4 is 4.74 Å². The molecule has 0 bridgehead atoms. The van der Waals surface area contributed by atoms with Crippen molar-refractivity contribution >= 4 is 46.0 Å². The Morgan fingerprint density at radius 2 is 1.85 bits per heavy atom. The summed E-state index contributed by atoms with van der Waals surface area (Å²) in [6, 6.07) is 7.77. The smallest absolute Gasteiger partial charge is 0.308 e. The quantitative estimate of drug-likeness (QED) is 0.612. The third-order valence-electron chi connectivity index (χ3n) is 4.37.